The number of nitrogens with two attached hydrogens (primary N) is 1. The molecule has 0 aromatic carbocycles. The number of carbonyl (C=O) groups excluding carboxylic acids is 1. The summed E-state index contributed by atoms with van der Waals surface area (Å²) in [5, 5.41) is 18.4. The van der Waals surface area contributed by atoms with E-state index in [1.54, 1.807) is 0 Å². The van der Waals surface area contributed by atoms with E-state index in [9.17, 15) is 9.90 Å². The van der Waals surface area contributed by atoms with Crippen molar-refractivity contribution < 1.29 is 14.4 Å². The number of quaternary nitrogens is 1. The SMILES string of the molecule is NC#CC[N+]12CCC(CC1)[C@@H](NC(=O)C(O)(c1cccs1)c1cccs1)C2. The Hall–Kier alpha value is -1.85. The largest absolute Gasteiger partial charge is 0.371 e. The van der Waals surface area contributed by atoms with Crippen molar-refractivity contribution in [2.75, 3.05) is 26.2 Å². The highest BCUT2D eigenvalue weighted by Gasteiger charge is 2.49. The lowest BCUT2D eigenvalue weighted by Gasteiger charge is -2.52. The Morgan fingerprint density at radius 2 is 1.89 bits per heavy atom. The van der Waals surface area contributed by atoms with E-state index >= 15 is 0 Å². The van der Waals surface area contributed by atoms with Crippen molar-refractivity contribution in [1.82, 2.24) is 5.32 Å². The van der Waals surface area contributed by atoms with E-state index in [-0.39, 0.29) is 11.9 Å². The van der Waals surface area contributed by atoms with Gasteiger partial charge in [0.1, 0.15) is 13.1 Å². The van der Waals surface area contributed by atoms with Crippen LogP contribution in [-0.4, -0.2) is 47.7 Å². The second-order valence-electron chi connectivity index (χ2n) is 7.53. The third-order valence-electron chi connectivity index (χ3n) is 6.02. The minimum atomic E-state index is -1.63. The van der Waals surface area contributed by atoms with Crippen molar-refractivity contribution in [3.63, 3.8) is 0 Å². The molecule has 7 heteroatoms. The summed E-state index contributed by atoms with van der Waals surface area (Å²) in [7, 11) is 0. The molecule has 0 radical (unpaired) electrons. The van der Waals surface area contributed by atoms with Gasteiger partial charge in [-0.3, -0.25) is 4.79 Å². The van der Waals surface area contributed by atoms with Gasteiger partial charge in [-0.15, -0.1) is 22.7 Å². The molecule has 1 amide bonds. The van der Waals surface area contributed by atoms with Gasteiger partial charge in [0, 0.05) is 18.9 Å². The number of piperidine rings is 3. The fraction of sp³-hybridized carbons (Fsp3) is 0.450. The van der Waals surface area contributed by atoms with Crippen molar-refractivity contribution in [1.29, 1.82) is 0 Å². The maximum atomic E-state index is 13.3. The maximum Gasteiger partial charge on any atom is 0.263 e. The van der Waals surface area contributed by atoms with Gasteiger partial charge >= 0.3 is 0 Å². The number of rotatable bonds is 5. The average molecular weight is 403 g/mol. The fourth-order valence-corrected chi connectivity index (χ4v) is 6.21. The highest BCUT2D eigenvalue weighted by molar-refractivity contribution is 7.12. The van der Waals surface area contributed by atoms with Crippen molar-refractivity contribution in [2.45, 2.75) is 24.5 Å². The molecule has 1 atom stereocenters. The van der Waals surface area contributed by atoms with E-state index in [1.165, 1.54) is 22.7 Å². The Bertz CT molecular complexity index is 809. The number of nitrogens with zero attached hydrogens (tertiary/aromatic N) is 1. The number of hydrogen-bond acceptors (Lipinski definition) is 5. The normalized spacial score (nSPS) is 27.0. The van der Waals surface area contributed by atoms with Crippen LogP contribution in [0.3, 0.4) is 0 Å². The van der Waals surface area contributed by atoms with Crippen LogP contribution < -0.4 is 11.1 Å². The molecule has 3 saturated heterocycles. The first-order valence-electron chi connectivity index (χ1n) is 9.22. The number of amides is 1. The lowest BCUT2D eigenvalue weighted by atomic mass is 9.81. The van der Waals surface area contributed by atoms with Gasteiger partial charge in [-0.25, -0.2) is 0 Å². The van der Waals surface area contributed by atoms with Crippen LogP contribution >= 0.6 is 22.7 Å². The molecule has 27 heavy (non-hydrogen) atoms. The van der Waals surface area contributed by atoms with E-state index in [2.05, 4.69) is 17.3 Å². The van der Waals surface area contributed by atoms with Gasteiger partial charge in [-0.1, -0.05) is 12.1 Å². The van der Waals surface area contributed by atoms with Gasteiger partial charge in [-0.05, 0) is 34.7 Å². The van der Waals surface area contributed by atoms with Crippen LogP contribution in [0.2, 0.25) is 0 Å². The Balaban J connectivity index is 1.58. The summed E-state index contributed by atoms with van der Waals surface area (Å²) in [5.41, 5.74) is 3.75. The summed E-state index contributed by atoms with van der Waals surface area (Å²) in [4.78, 5) is 14.6. The van der Waals surface area contributed by atoms with Crippen LogP contribution in [-0.2, 0) is 10.4 Å². The Kier molecular flexibility index (Phi) is 4.99. The first-order valence-corrected chi connectivity index (χ1v) is 11.0. The zero-order valence-electron chi connectivity index (χ0n) is 15.1. The highest BCUT2D eigenvalue weighted by Crippen LogP contribution is 2.38. The molecule has 3 aliphatic rings. The number of thiophene rings is 2. The smallest absolute Gasteiger partial charge is 0.263 e. The second-order valence-corrected chi connectivity index (χ2v) is 9.43. The lowest BCUT2D eigenvalue weighted by Crippen LogP contribution is -2.68. The van der Waals surface area contributed by atoms with E-state index in [1.807, 2.05) is 35.0 Å². The predicted molar refractivity (Wildman–Crippen MR) is 108 cm³/mol. The first kappa shape index (κ1) is 18.5. The third kappa shape index (κ3) is 3.27. The molecule has 5 rings (SSSR count). The lowest BCUT2D eigenvalue weighted by molar-refractivity contribution is -0.937. The van der Waals surface area contributed by atoms with Crippen molar-refractivity contribution in [2.24, 2.45) is 11.7 Å². The average Bonchev–Trinajstić information content (AvgIpc) is 3.41. The Morgan fingerprint density at radius 3 is 2.41 bits per heavy atom. The highest BCUT2D eigenvalue weighted by atomic mass is 32.1. The van der Waals surface area contributed by atoms with Crippen LogP contribution in [0, 0.1) is 17.9 Å². The predicted octanol–water partition coefficient (Wildman–Crippen LogP) is 1.69. The molecule has 142 valence electrons. The van der Waals surface area contributed by atoms with Gasteiger partial charge in [0.2, 0.25) is 5.60 Å². The fourth-order valence-electron chi connectivity index (χ4n) is 4.47. The summed E-state index contributed by atoms with van der Waals surface area (Å²) >= 11 is 2.81. The van der Waals surface area contributed by atoms with Gasteiger partial charge in [0.25, 0.3) is 5.91 Å². The standard InChI is InChI=1S/C20H23N3O2S2/c21-8-3-9-23-10-6-15(7-11-23)16(14-23)22-19(24)20(25,17-4-1-12-26-17)18-5-2-13-27-18/h1-2,4-5,12-13,15-16,25H,6-7,9-11,14,21H2/p+1/t15?,16-,23?/m0/s1. The number of hydrogen-bond donors (Lipinski definition) is 3. The number of carbonyl (C=O) groups is 1. The summed E-state index contributed by atoms with van der Waals surface area (Å²) < 4.78 is 0.891. The quantitative estimate of drug-likeness (QED) is 0.405. The van der Waals surface area contributed by atoms with Gasteiger partial charge in [0.15, 0.2) is 0 Å². The van der Waals surface area contributed by atoms with Crippen LogP contribution in [0.5, 0.6) is 0 Å². The summed E-state index contributed by atoms with van der Waals surface area (Å²) in [6.45, 7) is 3.77. The Labute approximate surface area is 167 Å². The number of fused-ring (bicyclic) bond motifs is 3. The van der Waals surface area contributed by atoms with Gasteiger partial charge in [0.05, 0.1) is 28.9 Å². The first-order chi connectivity index (χ1) is 13.1. The summed E-state index contributed by atoms with van der Waals surface area (Å²) in [5.74, 6) is 3.17. The molecule has 0 spiro atoms. The van der Waals surface area contributed by atoms with Crippen LogP contribution in [0.4, 0.5) is 0 Å². The molecule has 3 aliphatic heterocycles. The van der Waals surface area contributed by atoms with E-state index in [0.717, 1.165) is 43.5 Å². The molecule has 0 saturated carbocycles. The molecular weight excluding hydrogens is 378 g/mol. The van der Waals surface area contributed by atoms with Crippen LogP contribution in [0.15, 0.2) is 35.0 Å². The minimum Gasteiger partial charge on any atom is -0.371 e. The topological polar surface area (TPSA) is 75.3 Å². The Morgan fingerprint density at radius 1 is 1.26 bits per heavy atom. The van der Waals surface area contributed by atoms with Gasteiger partial charge in [-0.2, -0.15) is 0 Å². The van der Waals surface area contributed by atoms with Crippen LogP contribution in [0.25, 0.3) is 0 Å². The summed E-state index contributed by atoms with van der Waals surface area (Å²) in [6, 6.07) is 9.96. The minimum absolute atomic E-state index is 0.0611. The van der Waals surface area contributed by atoms with Gasteiger partial charge < -0.3 is 20.6 Å². The molecule has 2 aromatic heterocycles. The van der Waals surface area contributed by atoms with E-state index in [0.29, 0.717) is 15.7 Å². The molecular formula is C20H24N3O2S2+. The molecule has 0 unspecified atom stereocenters. The molecule has 3 fully saturated rings. The third-order valence-corrected chi connectivity index (χ3v) is 7.98. The molecule has 4 N–H and O–H groups in total. The van der Waals surface area contributed by atoms with Crippen molar-refractivity contribution in [3.05, 3.63) is 44.8 Å². The van der Waals surface area contributed by atoms with Crippen molar-refractivity contribution in [3.8, 4) is 12.0 Å². The van der Waals surface area contributed by atoms with Crippen molar-refractivity contribution >= 4 is 28.6 Å². The van der Waals surface area contributed by atoms with E-state index < -0.39 is 5.60 Å². The molecule has 2 aromatic rings. The molecule has 0 aliphatic carbocycles. The zero-order chi connectivity index (χ0) is 18.9. The van der Waals surface area contributed by atoms with Crippen LogP contribution in [0.1, 0.15) is 22.6 Å². The number of nitrogens with one attached hydrogen (secondary N) is 1. The zero-order valence-corrected chi connectivity index (χ0v) is 16.7. The number of aliphatic hydroxyl groups is 1. The van der Waals surface area contributed by atoms with E-state index in [4.69, 9.17) is 5.73 Å². The second kappa shape index (κ2) is 7.28. The molecule has 2 bridgehead atoms. The monoisotopic (exact) mass is 402 g/mol. The summed E-state index contributed by atoms with van der Waals surface area (Å²) in [6.07, 6.45) is 2.15. The molecule has 5 nitrogen and oxygen atoms in total. The molecule has 5 heterocycles. The maximum absolute atomic E-state index is 13.3.